The van der Waals surface area contributed by atoms with Crippen LogP contribution in [0.3, 0.4) is 0 Å². The topological polar surface area (TPSA) is 37.3 Å². The van der Waals surface area contributed by atoms with Gasteiger partial charge in [-0.2, -0.15) is 0 Å². The molecular weight excluding hydrogens is 286 g/mol. The van der Waals surface area contributed by atoms with E-state index in [1.54, 1.807) is 24.3 Å². The summed E-state index contributed by atoms with van der Waals surface area (Å²) in [4.78, 5) is 11.3. The van der Waals surface area contributed by atoms with Crippen LogP contribution in [-0.2, 0) is 11.2 Å². The summed E-state index contributed by atoms with van der Waals surface area (Å²) in [6.45, 7) is 0. The normalized spacial score (nSPS) is 12.2. The van der Waals surface area contributed by atoms with Gasteiger partial charge in [-0.15, -0.1) is 0 Å². The van der Waals surface area contributed by atoms with E-state index in [1.807, 2.05) is 0 Å². The Hall–Kier alpha value is -1.94. The van der Waals surface area contributed by atoms with Crippen molar-refractivity contribution in [2.75, 3.05) is 0 Å². The van der Waals surface area contributed by atoms with Crippen molar-refractivity contribution in [1.29, 1.82) is 0 Å². The van der Waals surface area contributed by atoms with Crippen LogP contribution < -0.4 is 0 Å². The lowest BCUT2D eigenvalue weighted by Crippen LogP contribution is -2.15. The van der Waals surface area contributed by atoms with Gasteiger partial charge < -0.3 is 5.11 Å². The third kappa shape index (κ3) is 3.33. The van der Waals surface area contributed by atoms with E-state index in [0.717, 1.165) is 18.2 Å². The Morgan fingerprint density at radius 3 is 2.40 bits per heavy atom. The number of carboxylic acid groups (broad SMARTS) is 1. The molecule has 5 heteroatoms. The molecule has 0 aliphatic rings. The Morgan fingerprint density at radius 2 is 1.80 bits per heavy atom. The van der Waals surface area contributed by atoms with Crippen LogP contribution in [0.4, 0.5) is 8.78 Å². The van der Waals surface area contributed by atoms with Crippen LogP contribution in [0.1, 0.15) is 17.0 Å². The lowest BCUT2D eigenvalue weighted by Gasteiger charge is -2.13. The number of rotatable bonds is 4. The second-order valence-corrected chi connectivity index (χ2v) is 4.82. The van der Waals surface area contributed by atoms with Gasteiger partial charge in [-0.05, 0) is 47.9 Å². The first-order valence-corrected chi connectivity index (χ1v) is 6.27. The quantitative estimate of drug-likeness (QED) is 0.925. The molecule has 2 aromatic rings. The summed E-state index contributed by atoms with van der Waals surface area (Å²) in [5, 5.41) is 9.75. The van der Waals surface area contributed by atoms with Crippen LogP contribution in [0, 0.1) is 11.6 Å². The largest absolute Gasteiger partial charge is 0.481 e. The second kappa shape index (κ2) is 6.01. The predicted molar refractivity (Wildman–Crippen MR) is 71.9 cm³/mol. The van der Waals surface area contributed by atoms with Gasteiger partial charge in [0.1, 0.15) is 11.6 Å². The van der Waals surface area contributed by atoms with E-state index < -0.39 is 23.5 Å². The van der Waals surface area contributed by atoms with Crippen molar-refractivity contribution in [3.63, 3.8) is 0 Å². The standard InChI is InChI=1S/C15H11ClF2O2/c16-11-3-1-9(2-4-11)13(15(19)20)8-10-7-12(17)5-6-14(10)18/h1-7,13H,8H2,(H,19,20). The molecule has 0 radical (unpaired) electrons. The highest BCUT2D eigenvalue weighted by atomic mass is 35.5. The average Bonchev–Trinajstić information content (AvgIpc) is 2.40. The summed E-state index contributed by atoms with van der Waals surface area (Å²) in [5.74, 6) is -3.27. The molecule has 0 aromatic heterocycles. The van der Waals surface area contributed by atoms with Gasteiger partial charge in [0.25, 0.3) is 0 Å². The van der Waals surface area contributed by atoms with Crippen LogP contribution in [-0.4, -0.2) is 11.1 Å². The fourth-order valence-electron chi connectivity index (χ4n) is 1.96. The Balaban J connectivity index is 2.32. The summed E-state index contributed by atoms with van der Waals surface area (Å²) in [6, 6.07) is 9.27. The third-order valence-corrected chi connectivity index (χ3v) is 3.25. The Kier molecular flexibility index (Phi) is 4.35. The molecule has 0 spiro atoms. The molecule has 0 bridgehead atoms. The first-order valence-electron chi connectivity index (χ1n) is 5.89. The molecule has 2 rings (SSSR count). The molecule has 0 saturated carbocycles. The molecule has 0 fully saturated rings. The van der Waals surface area contributed by atoms with Crippen molar-refractivity contribution >= 4 is 17.6 Å². The maximum Gasteiger partial charge on any atom is 0.311 e. The molecule has 0 aliphatic heterocycles. The van der Waals surface area contributed by atoms with Gasteiger partial charge in [-0.3, -0.25) is 4.79 Å². The van der Waals surface area contributed by atoms with E-state index in [9.17, 15) is 18.7 Å². The van der Waals surface area contributed by atoms with Gasteiger partial charge in [-0.1, -0.05) is 23.7 Å². The van der Waals surface area contributed by atoms with Gasteiger partial charge in [0.15, 0.2) is 0 Å². The zero-order chi connectivity index (χ0) is 14.7. The van der Waals surface area contributed by atoms with Gasteiger partial charge in [0, 0.05) is 5.02 Å². The van der Waals surface area contributed by atoms with Gasteiger partial charge in [-0.25, -0.2) is 8.78 Å². The van der Waals surface area contributed by atoms with E-state index in [2.05, 4.69) is 0 Å². The van der Waals surface area contributed by atoms with E-state index in [-0.39, 0.29) is 12.0 Å². The van der Waals surface area contributed by atoms with Crippen molar-refractivity contribution in [2.24, 2.45) is 0 Å². The Bertz CT molecular complexity index is 626. The van der Waals surface area contributed by atoms with Crippen LogP contribution >= 0.6 is 11.6 Å². The second-order valence-electron chi connectivity index (χ2n) is 4.38. The number of hydrogen-bond acceptors (Lipinski definition) is 1. The van der Waals surface area contributed by atoms with E-state index >= 15 is 0 Å². The molecule has 0 amide bonds. The number of hydrogen-bond donors (Lipinski definition) is 1. The smallest absolute Gasteiger partial charge is 0.311 e. The molecule has 1 N–H and O–H groups in total. The van der Waals surface area contributed by atoms with Gasteiger partial charge in [0.2, 0.25) is 0 Å². The van der Waals surface area contributed by atoms with Crippen LogP contribution in [0.15, 0.2) is 42.5 Å². The van der Waals surface area contributed by atoms with Crippen molar-refractivity contribution in [3.05, 3.63) is 70.2 Å². The van der Waals surface area contributed by atoms with Crippen molar-refractivity contribution in [2.45, 2.75) is 12.3 Å². The minimum absolute atomic E-state index is 0.0346. The summed E-state index contributed by atoms with van der Waals surface area (Å²) in [6.07, 6.45) is -0.124. The van der Waals surface area contributed by atoms with Crippen LogP contribution in [0.25, 0.3) is 0 Å². The maximum atomic E-state index is 13.6. The molecule has 1 unspecified atom stereocenters. The lowest BCUT2D eigenvalue weighted by molar-refractivity contribution is -0.138. The highest BCUT2D eigenvalue weighted by molar-refractivity contribution is 6.30. The third-order valence-electron chi connectivity index (χ3n) is 3.00. The average molecular weight is 297 g/mol. The highest BCUT2D eigenvalue weighted by Gasteiger charge is 2.22. The SMILES string of the molecule is O=C(O)C(Cc1cc(F)ccc1F)c1ccc(Cl)cc1. The summed E-state index contributed by atoms with van der Waals surface area (Å²) >= 11 is 5.75. The van der Waals surface area contributed by atoms with Gasteiger partial charge in [0.05, 0.1) is 5.92 Å². The maximum absolute atomic E-state index is 13.6. The van der Waals surface area contributed by atoms with E-state index in [4.69, 9.17) is 11.6 Å². The molecule has 0 saturated heterocycles. The van der Waals surface area contributed by atoms with Crippen molar-refractivity contribution < 1.29 is 18.7 Å². The fourth-order valence-corrected chi connectivity index (χ4v) is 2.09. The monoisotopic (exact) mass is 296 g/mol. The van der Waals surface area contributed by atoms with Crippen LogP contribution in [0.5, 0.6) is 0 Å². The summed E-state index contributed by atoms with van der Waals surface area (Å²) < 4.78 is 26.7. The molecule has 104 valence electrons. The minimum atomic E-state index is -1.10. The minimum Gasteiger partial charge on any atom is -0.481 e. The zero-order valence-electron chi connectivity index (χ0n) is 10.3. The molecule has 2 aromatic carbocycles. The number of halogens is 3. The van der Waals surface area contributed by atoms with Crippen molar-refractivity contribution in [3.8, 4) is 0 Å². The van der Waals surface area contributed by atoms with E-state index in [1.165, 1.54) is 0 Å². The zero-order valence-corrected chi connectivity index (χ0v) is 11.1. The Morgan fingerprint density at radius 1 is 1.15 bits per heavy atom. The molecular formula is C15H11ClF2O2. The summed E-state index contributed by atoms with van der Waals surface area (Å²) in [7, 11) is 0. The number of benzene rings is 2. The van der Waals surface area contributed by atoms with E-state index in [0.29, 0.717) is 10.6 Å². The lowest BCUT2D eigenvalue weighted by atomic mass is 9.92. The number of carboxylic acids is 1. The molecule has 0 aliphatic carbocycles. The Labute approximate surface area is 119 Å². The predicted octanol–water partition coefficient (Wildman–Crippen LogP) is 4.03. The molecule has 20 heavy (non-hydrogen) atoms. The number of aliphatic carboxylic acids is 1. The molecule has 1 atom stereocenters. The van der Waals surface area contributed by atoms with Crippen LogP contribution in [0.2, 0.25) is 5.02 Å². The fraction of sp³-hybridized carbons (Fsp3) is 0.133. The summed E-state index contributed by atoms with van der Waals surface area (Å²) in [5.41, 5.74) is 0.526. The first kappa shape index (κ1) is 14.5. The number of carbonyl (C=O) groups is 1. The first-order chi connectivity index (χ1) is 9.47. The van der Waals surface area contributed by atoms with Gasteiger partial charge >= 0.3 is 5.97 Å². The van der Waals surface area contributed by atoms with Crippen molar-refractivity contribution in [1.82, 2.24) is 0 Å². The molecule has 2 nitrogen and oxygen atoms in total. The molecule has 0 heterocycles. The highest BCUT2D eigenvalue weighted by Crippen LogP contribution is 2.24.